The van der Waals surface area contributed by atoms with Crippen molar-refractivity contribution in [3.8, 4) is 0 Å². The Hall–Kier alpha value is -3.13. The van der Waals surface area contributed by atoms with Gasteiger partial charge in [-0.25, -0.2) is 9.79 Å². The van der Waals surface area contributed by atoms with Gasteiger partial charge in [-0.15, -0.1) is 0 Å². The fourth-order valence-electron chi connectivity index (χ4n) is 2.22. The summed E-state index contributed by atoms with van der Waals surface area (Å²) in [6, 6.07) is 12.1. The number of carbonyl (C=O) groups is 2. The molecule has 0 bridgehead atoms. The number of esters is 1. The first kappa shape index (κ1) is 18.7. The Morgan fingerprint density at radius 2 is 1.89 bits per heavy atom. The van der Waals surface area contributed by atoms with Crippen LogP contribution in [0.15, 0.2) is 59.2 Å². The molecule has 1 aliphatic rings. The number of benzene rings is 2. The van der Waals surface area contributed by atoms with E-state index >= 15 is 0 Å². The van der Waals surface area contributed by atoms with Crippen LogP contribution in [0.3, 0.4) is 0 Å². The summed E-state index contributed by atoms with van der Waals surface area (Å²) in [5.74, 6) is -2.74. The number of hydrogen-bond donors (Lipinski definition) is 1. The van der Waals surface area contributed by atoms with Crippen LogP contribution < -0.4 is 5.32 Å². The average molecular weight is 395 g/mol. The number of ether oxygens (including phenoxy) is 1. The molecule has 0 saturated heterocycles. The van der Waals surface area contributed by atoms with E-state index in [1.807, 2.05) is 0 Å². The molecule has 2 aromatic rings. The summed E-state index contributed by atoms with van der Waals surface area (Å²) in [6.07, 6.45) is -3.66. The highest BCUT2D eigenvalue weighted by molar-refractivity contribution is 6.31. The first-order valence-electron chi connectivity index (χ1n) is 7.49. The number of cyclic esters (lactones) is 1. The summed E-state index contributed by atoms with van der Waals surface area (Å²) in [6.45, 7) is 0. The highest BCUT2D eigenvalue weighted by atomic mass is 35.5. The van der Waals surface area contributed by atoms with Crippen LogP contribution in [-0.2, 0) is 14.3 Å². The Morgan fingerprint density at radius 1 is 1.15 bits per heavy atom. The third-order valence-electron chi connectivity index (χ3n) is 3.40. The van der Waals surface area contributed by atoms with Crippen LogP contribution in [0.1, 0.15) is 11.1 Å². The molecule has 1 heterocycles. The number of anilines is 1. The van der Waals surface area contributed by atoms with Crippen LogP contribution in [-0.4, -0.2) is 24.0 Å². The van der Waals surface area contributed by atoms with Crippen molar-refractivity contribution < 1.29 is 27.5 Å². The van der Waals surface area contributed by atoms with Gasteiger partial charge in [-0.3, -0.25) is 4.79 Å². The van der Waals surface area contributed by atoms with Gasteiger partial charge in [-0.05, 0) is 42.0 Å². The molecule has 2 aromatic carbocycles. The topological polar surface area (TPSA) is 67.8 Å². The molecule has 5 nitrogen and oxygen atoms in total. The molecule has 0 aromatic heterocycles. The van der Waals surface area contributed by atoms with Gasteiger partial charge in [0.1, 0.15) is 0 Å². The van der Waals surface area contributed by atoms with E-state index in [-0.39, 0.29) is 17.3 Å². The monoisotopic (exact) mass is 394 g/mol. The van der Waals surface area contributed by atoms with Crippen LogP contribution in [0, 0.1) is 0 Å². The van der Waals surface area contributed by atoms with Crippen LogP contribution >= 0.6 is 11.6 Å². The molecule has 138 valence electrons. The van der Waals surface area contributed by atoms with Gasteiger partial charge in [0, 0.05) is 16.3 Å². The summed E-state index contributed by atoms with van der Waals surface area (Å²) in [5, 5.41) is 2.18. The van der Waals surface area contributed by atoms with Gasteiger partial charge in [0.2, 0.25) is 5.90 Å². The zero-order valence-corrected chi connectivity index (χ0v) is 14.1. The number of nitrogens with one attached hydrogen (secondary N) is 1. The molecular formula is C18H10ClF3N2O3. The van der Waals surface area contributed by atoms with Gasteiger partial charge in [0.25, 0.3) is 0 Å². The molecule has 3 rings (SSSR count). The van der Waals surface area contributed by atoms with E-state index in [0.29, 0.717) is 16.1 Å². The smallest absolute Gasteiger partial charge is 0.402 e. The standard InChI is InChI=1S/C18H10ClF3N2O3/c19-12-5-2-4-11(9-12)15-24-14(16(25)27-15)8-10-3-1-6-13(7-10)23-17(26)18(20,21)22/h1-9H,(H,23,26)/b14-8-. The Kier molecular flexibility index (Phi) is 5.00. The Labute approximate surface area is 156 Å². The molecule has 0 unspecified atom stereocenters. The van der Waals surface area contributed by atoms with Gasteiger partial charge in [0.05, 0.1) is 0 Å². The van der Waals surface area contributed by atoms with Crippen LogP contribution in [0.25, 0.3) is 6.08 Å². The zero-order chi connectivity index (χ0) is 19.6. The average Bonchev–Trinajstić information content (AvgIpc) is 2.95. The first-order valence-corrected chi connectivity index (χ1v) is 7.87. The van der Waals surface area contributed by atoms with Crippen LogP contribution in [0.4, 0.5) is 18.9 Å². The molecule has 27 heavy (non-hydrogen) atoms. The summed E-state index contributed by atoms with van der Waals surface area (Å²) in [7, 11) is 0. The molecule has 0 radical (unpaired) electrons. The second-order valence-corrected chi connectivity index (χ2v) is 5.86. The largest absolute Gasteiger partial charge is 0.471 e. The fourth-order valence-corrected chi connectivity index (χ4v) is 2.41. The quantitative estimate of drug-likeness (QED) is 0.627. The van der Waals surface area contributed by atoms with Gasteiger partial charge in [0.15, 0.2) is 5.70 Å². The minimum Gasteiger partial charge on any atom is -0.402 e. The molecule has 0 fully saturated rings. The van der Waals surface area contributed by atoms with Crippen LogP contribution in [0.5, 0.6) is 0 Å². The maximum atomic E-state index is 12.3. The van der Waals surface area contributed by atoms with E-state index in [9.17, 15) is 22.8 Å². The molecule has 9 heteroatoms. The summed E-state index contributed by atoms with van der Waals surface area (Å²) >= 11 is 5.89. The maximum absolute atomic E-state index is 12.3. The molecule has 0 saturated carbocycles. The second-order valence-electron chi connectivity index (χ2n) is 5.42. The summed E-state index contributed by atoms with van der Waals surface area (Å²) in [4.78, 5) is 27.1. The number of alkyl halides is 3. The van der Waals surface area contributed by atoms with Gasteiger partial charge in [-0.1, -0.05) is 29.8 Å². The number of nitrogens with zero attached hydrogens (tertiary/aromatic N) is 1. The number of carbonyl (C=O) groups excluding carboxylic acids is 2. The van der Waals surface area contributed by atoms with Crippen molar-refractivity contribution >= 4 is 41.1 Å². The molecular weight excluding hydrogens is 385 g/mol. The lowest BCUT2D eigenvalue weighted by molar-refractivity contribution is -0.167. The Bertz CT molecular complexity index is 984. The molecule has 0 aliphatic carbocycles. The van der Waals surface area contributed by atoms with Crippen molar-refractivity contribution in [3.63, 3.8) is 0 Å². The van der Waals surface area contributed by atoms with E-state index in [1.54, 1.807) is 29.6 Å². The minimum absolute atomic E-state index is 0.0377. The highest BCUT2D eigenvalue weighted by Crippen LogP contribution is 2.23. The van der Waals surface area contributed by atoms with Crippen LogP contribution in [0.2, 0.25) is 5.02 Å². The van der Waals surface area contributed by atoms with E-state index in [0.717, 1.165) is 0 Å². The SMILES string of the molecule is O=C1OC(c2cccc(Cl)c2)=N/C1=C\c1cccc(NC(=O)C(F)(F)F)c1. The Balaban J connectivity index is 1.85. The van der Waals surface area contributed by atoms with Crippen molar-refractivity contribution in [3.05, 3.63) is 70.4 Å². The predicted octanol–water partition coefficient (Wildman–Crippen LogP) is 4.19. The first-order chi connectivity index (χ1) is 12.7. The number of aliphatic imine (C=N–C) groups is 1. The zero-order valence-electron chi connectivity index (χ0n) is 13.4. The molecule has 1 N–H and O–H groups in total. The molecule has 1 aliphatic heterocycles. The molecule has 0 atom stereocenters. The predicted molar refractivity (Wildman–Crippen MR) is 93.2 cm³/mol. The van der Waals surface area contributed by atoms with E-state index in [4.69, 9.17) is 16.3 Å². The lowest BCUT2D eigenvalue weighted by atomic mass is 10.1. The number of halogens is 4. The number of hydrogen-bond acceptors (Lipinski definition) is 4. The van der Waals surface area contributed by atoms with Gasteiger partial charge in [-0.2, -0.15) is 13.2 Å². The normalized spacial score (nSPS) is 15.5. The molecule has 0 spiro atoms. The van der Waals surface area contributed by atoms with E-state index < -0.39 is 18.1 Å². The van der Waals surface area contributed by atoms with E-state index in [1.165, 1.54) is 30.3 Å². The Morgan fingerprint density at radius 3 is 2.59 bits per heavy atom. The van der Waals surface area contributed by atoms with Crippen molar-refractivity contribution in [1.29, 1.82) is 0 Å². The van der Waals surface area contributed by atoms with Crippen molar-refractivity contribution in [2.75, 3.05) is 5.32 Å². The molecule has 1 amide bonds. The second kappa shape index (κ2) is 7.24. The van der Waals surface area contributed by atoms with Gasteiger partial charge >= 0.3 is 18.1 Å². The van der Waals surface area contributed by atoms with Crippen molar-refractivity contribution in [1.82, 2.24) is 0 Å². The number of rotatable bonds is 3. The fraction of sp³-hybridized carbons (Fsp3) is 0.0556. The van der Waals surface area contributed by atoms with Gasteiger partial charge < -0.3 is 10.1 Å². The maximum Gasteiger partial charge on any atom is 0.471 e. The third kappa shape index (κ3) is 4.53. The highest BCUT2D eigenvalue weighted by Gasteiger charge is 2.38. The van der Waals surface area contributed by atoms with E-state index in [2.05, 4.69) is 4.99 Å². The number of amides is 1. The lowest BCUT2D eigenvalue weighted by Gasteiger charge is -2.08. The third-order valence-corrected chi connectivity index (χ3v) is 3.63. The lowest BCUT2D eigenvalue weighted by Crippen LogP contribution is -2.29. The summed E-state index contributed by atoms with van der Waals surface area (Å²) < 4.78 is 42.1. The minimum atomic E-state index is -5.00. The summed E-state index contributed by atoms with van der Waals surface area (Å²) in [5.41, 5.74) is 0.754. The van der Waals surface area contributed by atoms with Crippen molar-refractivity contribution in [2.24, 2.45) is 4.99 Å². The van der Waals surface area contributed by atoms with Crippen molar-refractivity contribution in [2.45, 2.75) is 6.18 Å².